The Morgan fingerprint density at radius 2 is 1.79 bits per heavy atom. The van der Waals surface area contributed by atoms with Crippen molar-refractivity contribution >= 4 is 0 Å². The molecule has 0 aliphatic carbocycles. The predicted octanol–water partition coefficient (Wildman–Crippen LogP) is 1.05. The van der Waals surface area contributed by atoms with E-state index >= 15 is 0 Å². The van der Waals surface area contributed by atoms with Gasteiger partial charge in [-0.25, -0.2) is 5.43 Å². The highest BCUT2D eigenvalue weighted by molar-refractivity contribution is 5.50. The summed E-state index contributed by atoms with van der Waals surface area (Å²) in [6.07, 6.45) is 3.26. The molecule has 1 heterocycles. The molecule has 6 nitrogen and oxygen atoms in total. The Labute approximate surface area is 111 Å². The zero-order chi connectivity index (χ0) is 13.7. The van der Waals surface area contributed by atoms with E-state index in [0.717, 1.165) is 11.1 Å². The lowest BCUT2D eigenvalue weighted by molar-refractivity contribution is 0.377. The smallest absolute Gasteiger partial charge is 0.127 e. The summed E-state index contributed by atoms with van der Waals surface area (Å²) >= 11 is 0. The van der Waals surface area contributed by atoms with E-state index in [1.54, 1.807) is 26.6 Å². The van der Waals surface area contributed by atoms with Crippen molar-refractivity contribution in [3.8, 4) is 11.5 Å². The molecule has 1 atom stereocenters. The molecule has 1 aromatic heterocycles. The molecule has 0 saturated carbocycles. The number of rotatable bonds is 5. The number of benzene rings is 1. The molecule has 0 amide bonds. The van der Waals surface area contributed by atoms with Crippen molar-refractivity contribution < 1.29 is 9.47 Å². The van der Waals surface area contributed by atoms with Crippen molar-refractivity contribution in [3.05, 3.63) is 47.8 Å². The van der Waals surface area contributed by atoms with Crippen LogP contribution >= 0.6 is 0 Å². The van der Waals surface area contributed by atoms with Crippen LogP contribution in [0.1, 0.15) is 17.2 Å². The maximum Gasteiger partial charge on any atom is 0.127 e. The van der Waals surface area contributed by atoms with Gasteiger partial charge in [0.05, 0.1) is 32.0 Å². The Morgan fingerprint density at radius 1 is 1.11 bits per heavy atom. The molecule has 1 unspecified atom stereocenters. The molecular weight excluding hydrogens is 244 g/mol. The van der Waals surface area contributed by atoms with Crippen LogP contribution < -0.4 is 20.7 Å². The van der Waals surface area contributed by atoms with Crippen LogP contribution in [0.4, 0.5) is 0 Å². The lowest BCUT2D eigenvalue weighted by Gasteiger charge is -2.21. The molecule has 19 heavy (non-hydrogen) atoms. The monoisotopic (exact) mass is 260 g/mol. The van der Waals surface area contributed by atoms with Crippen molar-refractivity contribution in [1.82, 2.24) is 15.6 Å². The second-order valence-electron chi connectivity index (χ2n) is 3.85. The summed E-state index contributed by atoms with van der Waals surface area (Å²) in [5, 5.41) is 7.62. The minimum atomic E-state index is -0.290. The van der Waals surface area contributed by atoms with Gasteiger partial charge in [-0.1, -0.05) is 6.07 Å². The number of hydrogen-bond acceptors (Lipinski definition) is 6. The minimum Gasteiger partial charge on any atom is -0.496 e. The molecule has 6 heteroatoms. The summed E-state index contributed by atoms with van der Waals surface area (Å²) in [4.78, 5) is 0. The lowest BCUT2D eigenvalue weighted by Crippen LogP contribution is -2.29. The van der Waals surface area contributed by atoms with Crippen molar-refractivity contribution in [3.63, 3.8) is 0 Å². The molecule has 0 aliphatic heterocycles. The SMILES string of the molecule is COc1cccc(OC)c1C(NN)c1ccnnc1. The van der Waals surface area contributed by atoms with Crippen LogP contribution in [0.5, 0.6) is 11.5 Å². The molecular formula is C13H16N4O2. The van der Waals surface area contributed by atoms with E-state index in [2.05, 4.69) is 15.6 Å². The molecule has 0 radical (unpaired) electrons. The first-order valence-corrected chi connectivity index (χ1v) is 5.75. The average molecular weight is 260 g/mol. The van der Waals surface area contributed by atoms with Crippen LogP contribution in [0.15, 0.2) is 36.7 Å². The molecule has 3 N–H and O–H groups in total. The van der Waals surface area contributed by atoms with Gasteiger partial charge in [-0.05, 0) is 23.8 Å². The van der Waals surface area contributed by atoms with Gasteiger partial charge in [-0.3, -0.25) is 5.84 Å². The van der Waals surface area contributed by atoms with Gasteiger partial charge >= 0.3 is 0 Å². The fourth-order valence-electron chi connectivity index (χ4n) is 1.98. The highest BCUT2D eigenvalue weighted by Crippen LogP contribution is 2.36. The lowest BCUT2D eigenvalue weighted by atomic mass is 9.99. The molecule has 2 aromatic rings. The van der Waals surface area contributed by atoms with Gasteiger partial charge in [0.2, 0.25) is 0 Å². The highest BCUT2D eigenvalue weighted by Gasteiger charge is 2.21. The first-order valence-electron chi connectivity index (χ1n) is 5.75. The van der Waals surface area contributed by atoms with Crippen LogP contribution in [0.2, 0.25) is 0 Å². The van der Waals surface area contributed by atoms with Gasteiger partial charge in [0.1, 0.15) is 11.5 Å². The number of nitrogens with one attached hydrogen (secondary N) is 1. The topological polar surface area (TPSA) is 82.3 Å². The van der Waals surface area contributed by atoms with Gasteiger partial charge < -0.3 is 9.47 Å². The second-order valence-corrected chi connectivity index (χ2v) is 3.85. The number of hydrazine groups is 1. The summed E-state index contributed by atoms with van der Waals surface area (Å²) in [5.74, 6) is 7.06. The Hall–Kier alpha value is -2.18. The Balaban J connectivity index is 2.54. The third-order valence-corrected chi connectivity index (χ3v) is 2.86. The molecule has 1 aromatic carbocycles. The Bertz CT molecular complexity index is 511. The summed E-state index contributed by atoms with van der Waals surface area (Å²) in [6.45, 7) is 0. The first kappa shape index (κ1) is 13.3. The number of ether oxygens (including phenoxy) is 2. The van der Waals surface area contributed by atoms with Crippen molar-refractivity contribution in [2.45, 2.75) is 6.04 Å². The predicted molar refractivity (Wildman–Crippen MR) is 70.7 cm³/mol. The van der Waals surface area contributed by atoms with Gasteiger partial charge in [-0.2, -0.15) is 10.2 Å². The second kappa shape index (κ2) is 6.12. The normalized spacial score (nSPS) is 11.9. The van der Waals surface area contributed by atoms with Crippen LogP contribution in [0.25, 0.3) is 0 Å². The molecule has 0 saturated heterocycles. The average Bonchev–Trinajstić information content (AvgIpc) is 2.49. The molecule has 0 fully saturated rings. The van der Waals surface area contributed by atoms with Crippen LogP contribution in [0, 0.1) is 0 Å². The van der Waals surface area contributed by atoms with E-state index in [1.165, 1.54) is 0 Å². The van der Waals surface area contributed by atoms with Crippen LogP contribution in [-0.4, -0.2) is 24.4 Å². The maximum atomic E-state index is 5.67. The van der Waals surface area contributed by atoms with E-state index in [-0.39, 0.29) is 6.04 Å². The number of aromatic nitrogens is 2. The van der Waals surface area contributed by atoms with E-state index in [1.807, 2.05) is 24.3 Å². The van der Waals surface area contributed by atoms with Gasteiger partial charge in [-0.15, -0.1) is 0 Å². The van der Waals surface area contributed by atoms with Crippen molar-refractivity contribution in [1.29, 1.82) is 0 Å². The van der Waals surface area contributed by atoms with E-state index in [4.69, 9.17) is 15.3 Å². The summed E-state index contributed by atoms with van der Waals surface area (Å²) in [5.41, 5.74) is 4.45. The Kier molecular flexibility index (Phi) is 4.27. The first-order chi connectivity index (χ1) is 9.31. The maximum absolute atomic E-state index is 5.67. The summed E-state index contributed by atoms with van der Waals surface area (Å²) < 4.78 is 10.8. The third kappa shape index (κ3) is 2.64. The van der Waals surface area contributed by atoms with Crippen LogP contribution in [0.3, 0.4) is 0 Å². The number of methoxy groups -OCH3 is 2. The van der Waals surface area contributed by atoms with Gasteiger partial charge in [0, 0.05) is 6.20 Å². The minimum absolute atomic E-state index is 0.290. The van der Waals surface area contributed by atoms with Crippen LogP contribution in [-0.2, 0) is 0 Å². The fraction of sp³-hybridized carbons (Fsp3) is 0.231. The van der Waals surface area contributed by atoms with Gasteiger partial charge in [0.15, 0.2) is 0 Å². The van der Waals surface area contributed by atoms with E-state index < -0.39 is 0 Å². The standard InChI is InChI=1S/C13H16N4O2/c1-18-10-4-3-5-11(19-2)12(10)13(17-14)9-6-7-15-16-8-9/h3-8,13,17H,14H2,1-2H3. The number of nitrogens with zero attached hydrogens (tertiary/aromatic N) is 2. The largest absolute Gasteiger partial charge is 0.496 e. The molecule has 2 rings (SSSR count). The van der Waals surface area contributed by atoms with Crippen molar-refractivity contribution in [2.75, 3.05) is 14.2 Å². The third-order valence-electron chi connectivity index (χ3n) is 2.86. The quantitative estimate of drug-likeness (QED) is 0.617. The van der Waals surface area contributed by atoms with E-state index in [9.17, 15) is 0 Å². The molecule has 0 bridgehead atoms. The molecule has 0 aliphatic rings. The number of hydrogen-bond donors (Lipinski definition) is 2. The number of nitrogens with two attached hydrogens (primary N) is 1. The zero-order valence-electron chi connectivity index (χ0n) is 10.8. The molecule has 0 spiro atoms. The van der Waals surface area contributed by atoms with Gasteiger partial charge in [0.25, 0.3) is 0 Å². The Morgan fingerprint density at radius 3 is 2.26 bits per heavy atom. The molecule has 100 valence electrons. The summed E-state index contributed by atoms with van der Waals surface area (Å²) in [7, 11) is 3.22. The zero-order valence-corrected chi connectivity index (χ0v) is 10.8. The fourth-order valence-corrected chi connectivity index (χ4v) is 1.98. The highest BCUT2D eigenvalue weighted by atomic mass is 16.5. The van der Waals surface area contributed by atoms with Crippen molar-refractivity contribution in [2.24, 2.45) is 5.84 Å². The summed E-state index contributed by atoms with van der Waals surface area (Å²) in [6, 6.07) is 7.12. The van der Waals surface area contributed by atoms with E-state index in [0.29, 0.717) is 11.5 Å².